The number of nitrogens with one attached hydrogen (secondary N) is 1. The molecule has 1 amide bonds. The highest BCUT2D eigenvalue weighted by atomic mass is 35.5. The predicted octanol–water partition coefficient (Wildman–Crippen LogP) is 1.34. The number of rotatable bonds is 1. The maximum absolute atomic E-state index is 10.8. The Morgan fingerprint density at radius 3 is 3.14 bits per heavy atom. The summed E-state index contributed by atoms with van der Waals surface area (Å²) in [6.45, 7) is 1.42. The van der Waals surface area contributed by atoms with Crippen molar-refractivity contribution in [2.45, 2.75) is 6.92 Å². The van der Waals surface area contributed by atoms with Crippen LogP contribution in [0.2, 0.25) is 5.15 Å². The second-order valence-corrected chi connectivity index (χ2v) is 3.15. The maximum atomic E-state index is 10.8. The summed E-state index contributed by atoms with van der Waals surface area (Å²) in [4.78, 5) is 14.9. The molecule has 0 saturated heterocycles. The molecule has 2 rings (SSSR count). The van der Waals surface area contributed by atoms with Gasteiger partial charge in [0.1, 0.15) is 10.8 Å². The van der Waals surface area contributed by atoms with Crippen molar-refractivity contribution < 1.29 is 4.79 Å². The molecular formula is C8H7ClN4O. The fraction of sp³-hybridized carbons (Fsp3) is 0.125. The van der Waals surface area contributed by atoms with Crippen molar-refractivity contribution in [3.8, 4) is 0 Å². The van der Waals surface area contributed by atoms with E-state index < -0.39 is 0 Å². The summed E-state index contributed by atoms with van der Waals surface area (Å²) in [6, 6.07) is 1.62. The highest BCUT2D eigenvalue weighted by molar-refractivity contribution is 6.29. The molecule has 0 aliphatic heterocycles. The Labute approximate surface area is 84.7 Å². The number of amides is 1. The Kier molecular flexibility index (Phi) is 2.09. The molecule has 0 aliphatic rings. The van der Waals surface area contributed by atoms with Crippen LogP contribution in [0.15, 0.2) is 18.5 Å². The van der Waals surface area contributed by atoms with Crippen LogP contribution >= 0.6 is 11.6 Å². The highest BCUT2D eigenvalue weighted by Gasteiger charge is 2.06. The topological polar surface area (TPSA) is 59.3 Å². The predicted molar refractivity (Wildman–Crippen MR) is 52.3 cm³/mol. The number of carbonyl (C=O) groups is 1. The molecule has 1 N–H and O–H groups in total. The summed E-state index contributed by atoms with van der Waals surface area (Å²) in [6.07, 6.45) is 3.20. The van der Waals surface area contributed by atoms with E-state index in [1.165, 1.54) is 17.6 Å². The highest BCUT2D eigenvalue weighted by Crippen LogP contribution is 2.15. The van der Waals surface area contributed by atoms with Crippen LogP contribution < -0.4 is 5.32 Å². The Bertz CT molecular complexity index is 493. The first kappa shape index (κ1) is 8.96. The molecule has 5 nitrogen and oxygen atoms in total. The molecule has 72 valence electrons. The first-order chi connectivity index (χ1) is 6.66. The van der Waals surface area contributed by atoms with Crippen LogP contribution in [-0.2, 0) is 4.79 Å². The van der Waals surface area contributed by atoms with Crippen molar-refractivity contribution in [3.63, 3.8) is 0 Å². The molecule has 0 spiro atoms. The third kappa shape index (κ3) is 1.54. The zero-order chi connectivity index (χ0) is 10.1. The smallest absolute Gasteiger partial charge is 0.221 e. The van der Waals surface area contributed by atoms with Gasteiger partial charge in [-0.1, -0.05) is 11.6 Å². The Morgan fingerprint density at radius 2 is 2.43 bits per heavy atom. The van der Waals surface area contributed by atoms with Crippen molar-refractivity contribution in [1.82, 2.24) is 14.6 Å². The lowest BCUT2D eigenvalue weighted by Gasteiger charge is -1.98. The number of fused-ring (bicyclic) bond motifs is 1. The Hall–Kier alpha value is -1.62. The molecule has 0 unspecified atom stereocenters. The first-order valence-electron chi connectivity index (χ1n) is 3.94. The Balaban J connectivity index is 2.55. The largest absolute Gasteiger partial charge is 0.322 e. The van der Waals surface area contributed by atoms with E-state index in [4.69, 9.17) is 11.6 Å². The minimum absolute atomic E-state index is 0.165. The van der Waals surface area contributed by atoms with Crippen LogP contribution in [0.3, 0.4) is 0 Å². The van der Waals surface area contributed by atoms with Gasteiger partial charge < -0.3 is 5.32 Å². The molecule has 2 heterocycles. The van der Waals surface area contributed by atoms with Crippen LogP contribution in [0.4, 0.5) is 5.69 Å². The standard InChI is InChI=1S/C8H7ClN4O/c1-5(14)11-6-4-10-13-3-2-7(9)12-8(6)13/h2-4H,1H3,(H,11,14). The monoisotopic (exact) mass is 210 g/mol. The van der Waals surface area contributed by atoms with Gasteiger partial charge in [-0.2, -0.15) is 5.10 Å². The van der Waals surface area contributed by atoms with Crippen molar-refractivity contribution in [2.75, 3.05) is 5.32 Å². The summed E-state index contributed by atoms with van der Waals surface area (Å²) < 4.78 is 1.54. The second-order valence-electron chi connectivity index (χ2n) is 2.76. The fourth-order valence-corrected chi connectivity index (χ4v) is 1.26. The van der Waals surface area contributed by atoms with E-state index >= 15 is 0 Å². The van der Waals surface area contributed by atoms with Crippen molar-refractivity contribution in [2.24, 2.45) is 0 Å². The molecule has 0 bridgehead atoms. The van der Waals surface area contributed by atoms with Gasteiger partial charge in [-0.3, -0.25) is 4.79 Å². The summed E-state index contributed by atoms with van der Waals surface area (Å²) in [5.74, 6) is -0.165. The number of hydrogen-bond acceptors (Lipinski definition) is 3. The zero-order valence-electron chi connectivity index (χ0n) is 7.36. The van der Waals surface area contributed by atoms with E-state index in [1.807, 2.05) is 0 Å². The molecule has 0 aromatic carbocycles. The average Bonchev–Trinajstić information content (AvgIpc) is 2.47. The van der Waals surface area contributed by atoms with E-state index in [0.717, 1.165) is 0 Å². The summed E-state index contributed by atoms with van der Waals surface area (Å²) in [5, 5.41) is 6.97. The van der Waals surface area contributed by atoms with Crippen LogP contribution in [-0.4, -0.2) is 20.5 Å². The van der Waals surface area contributed by atoms with E-state index in [9.17, 15) is 4.79 Å². The van der Waals surface area contributed by atoms with Gasteiger partial charge in [0.2, 0.25) is 5.91 Å². The van der Waals surface area contributed by atoms with E-state index in [-0.39, 0.29) is 5.91 Å². The third-order valence-electron chi connectivity index (χ3n) is 1.65. The van der Waals surface area contributed by atoms with E-state index in [0.29, 0.717) is 16.5 Å². The van der Waals surface area contributed by atoms with Crippen molar-refractivity contribution >= 4 is 28.8 Å². The maximum Gasteiger partial charge on any atom is 0.221 e. The number of hydrogen-bond donors (Lipinski definition) is 1. The molecule has 0 saturated carbocycles. The van der Waals surface area contributed by atoms with Gasteiger partial charge in [-0.15, -0.1) is 0 Å². The molecule has 0 aliphatic carbocycles. The van der Waals surface area contributed by atoms with Gasteiger partial charge in [0.15, 0.2) is 5.65 Å². The number of halogens is 1. The van der Waals surface area contributed by atoms with Gasteiger partial charge >= 0.3 is 0 Å². The molecule has 14 heavy (non-hydrogen) atoms. The first-order valence-corrected chi connectivity index (χ1v) is 4.32. The number of nitrogens with zero attached hydrogens (tertiary/aromatic N) is 3. The molecule has 0 atom stereocenters. The number of aromatic nitrogens is 3. The minimum Gasteiger partial charge on any atom is -0.322 e. The van der Waals surface area contributed by atoms with Gasteiger partial charge in [0.25, 0.3) is 0 Å². The minimum atomic E-state index is -0.165. The number of carbonyl (C=O) groups excluding carboxylic acids is 1. The van der Waals surface area contributed by atoms with Gasteiger partial charge in [-0.25, -0.2) is 9.50 Å². The molecule has 6 heteroatoms. The average molecular weight is 211 g/mol. The fourth-order valence-electron chi connectivity index (χ4n) is 1.12. The number of anilines is 1. The molecule has 2 aromatic rings. The van der Waals surface area contributed by atoms with Crippen LogP contribution in [0.25, 0.3) is 5.65 Å². The SMILES string of the molecule is CC(=O)Nc1cnn2ccc(Cl)nc12. The van der Waals surface area contributed by atoms with E-state index in [2.05, 4.69) is 15.4 Å². The molecular weight excluding hydrogens is 204 g/mol. The lowest BCUT2D eigenvalue weighted by molar-refractivity contribution is -0.114. The van der Waals surface area contributed by atoms with E-state index in [1.54, 1.807) is 12.3 Å². The Morgan fingerprint density at radius 1 is 1.64 bits per heavy atom. The van der Waals surface area contributed by atoms with Crippen LogP contribution in [0.1, 0.15) is 6.92 Å². The van der Waals surface area contributed by atoms with Gasteiger partial charge in [0, 0.05) is 13.1 Å². The zero-order valence-corrected chi connectivity index (χ0v) is 8.12. The van der Waals surface area contributed by atoms with Crippen molar-refractivity contribution in [3.05, 3.63) is 23.6 Å². The normalized spacial score (nSPS) is 10.4. The summed E-state index contributed by atoms with van der Waals surface area (Å²) in [5.41, 5.74) is 1.09. The summed E-state index contributed by atoms with van der Waals surface area (Å²) >= 11 is 5.72. The molecule has 0 radical (unpaired) electrons. The van der Waals surface area contributed by atoms with Gasteiger partial charge in [-0.05, 0) is 6.07 Å². The third-order valence-corrected chi connectivity index (χ3v) is 1.86. The quantitative estimate of drug-likeness (QED) is 0.723. The van der Waals surface area contributed by atoms with Gasteiger partial charge in [0.05, 0.1) is 6.20 Å². The van der Waals surface area contributed by atoms with Crippen LogP contribution in [0, 0.1) is 0 Å². The molecule has 2 aromatic heterocycles. The lowest BCUT2D eigenvalue weighted by atomic mass is 10.5. The van der Waals surface area contributed by atoms with Crippen molar-refractivity contribution in [1.29, 1.82) is 0 Å². The van der Waals surface area contributed by atoms with Crippen LogP contribution in [0.5, 0.6) is 0 Å². The molecule has 0 fully saturated rings. The second kappa shape index (κ2) is 3.26. The summed E-state index contributed by atoms with van der Waals surface area (Å²) in [7, 11) is 0. The lowest BCUT2D eigenvalue weighted by Crippen LogP contribution is -2.05.